The summed E-state index contributed by atoms with van der Waals surface area (Å²) in [6.07, 6.45) is -0.377. The lowest BCUT2D eigenvalue weighted by Gasteiger charge is -2.15. The van der Waals surface area contributed by atoms with E-state index >= 15 is 0 Å². The van der Waals surface area contributed by atoms with E-state index in [1.807, 2.05) is 0 Å². The van der Waals surface area contributed by atoms with Crippen molar-refractivity contribution < 1.29 is 9.53 Å². The molecule has 0 aromatic rings. The van der Waals surface area contributed by atoms with Crippen molar-refractivity contribution in [3.63, 3.8) is 0 Å². The molecule has 1 saturated heterocycles. The van der Waals surface area contributed by atoms with Crippen LogP contribution in [0.15, 0.2) is 0 Å². The first kappa shape index (κ1) is 6.68. The second-order valence-corrected chi connectivity index (χ2v) is 2.59. The van der Waals surface area contributed by atoms with Gasteiger partial charge in [0.15, 0.2) is 0 Å². The molecule has 1 rings (SSSR count). The molecule has 1 amide bonds. The summed E-state index contributed by atoms with van der Waals surface area (Å²) in [4.78, 5) is 10.4. The lowest BCUT2D eigenvalue weighted by Crippen LogP contribution is -2.30. The minimum Gasteiger partial charge on any atom is -0.440 e. The Bertz CT molecular complexity index is 139. The smallest absolute Gasteiger partial charge is 0.407 e. The van der Waals surface area contributed by atoms with Crippen LogP contribution in [0.3, 0.4) is 0 Å². The van der Waals surface area contributed by atoms with Gasteiger partial charge in [-0.1, -0.05) is 0 Å². The highest BCUT2D eigenvalue weighted by molar-refractivity contribution is 6.18. The molecule has 1 fully saturated rings. The van der Waals surface area contributed by atoms with Crippen LogP contribution in [0.2, 0.25) is 0 Å². The molecular formula is C5H8ClNO2. The fourth-order valence-electron chi connectivity index (χ4n) is 0.630. The molecular weight excluding hydrogens is 142 g/mol. The topological polar surface area (TPSA) is 38.3 Å². The van der Waals surface area contributed by atoms with E-state index in [0.29, 0.717) is 12.4 Å². The Labute approximate surface area is 58.3 Å². The van der Waals surface area contributed by atoms with E-state index in [4.69, 9.17) is 16.3 Å². The molecule has 0 aliphatic carbocycles. The molecule has 3 nitrogen and oxygen atoms in total. The predicted molar refractivity (Wildman–Crippen MR) is 33.6 cm³/mol. The third-order valence-corrected chi connectivity index (χ3v) is 1.79. The molecule has 1 aliphatic heterocycles. The molecule has 1 atom stereocenters. The Balaban J connectivity index is 2.54. The fourth-order valence-corrected chi connectivity index (χ4v) is 0.779. The van der Waals surface area contributed by atoms with Gasteiger partial charge in [0.2, 0.25) is 0 Å². The highest BCUT2D eigenvalue weighted by atomic mass is 35.5. The summed E-state index contributed by atoms with van der Waals surface area (Å²) in [5.74, 6) is 0.339. The number of hydrogen-bond acceptors (Lipinski definition) is 2. The van der Waals surface area contributed by atoms with Crippen LogP contribution in [0, 0.1) is 0 Å². The number of carbonyl (C=O) groups is 1. The van der Waals surface area contributed by atoms with Crippen LogP contribution in [-0.4, -0.2) is 24.1 Å². The van der Waals surface area contributed by atoms with E-state index in [1.165, 1.54) is 0 Å². The first-order chi connectivity index (χ1) is 4.16. The van der Waals surface area contributed by atoms with Gasteiger partial charge in [-0.05, 0) is 6.92 Å². The molecule has 52 valence electrons. The monoisotopic (exact) mass is 149 g/mol. The highest BCUT2D eigenvalue weighted by Crippen LogP contribution is 2.15. The Morgan fingerprint density at radius 1 is 2.00 bits per heavy atom. The SMILES string of the molecule is C[C@@]1(CCl)CNC(=O)O1. The number of carbonyl (C=O) groups excluding carboxylic acids is 1. The minimum absolute atomic E-state index is 0.339. The van der Waals surface area contributed by atoms with Crippen LogP contribution >= 0.6 is 11.6 Å². The van der Waals surface area contributed by atoms with Gasteiger partial charge in [-0.2, -0.15) is 0 Å². The van der Waals surface area contributed by atoms with Crippen molar-refractivity contribution in [2.45, 2.75) is 12.5 Å². The molecule has 0 aromatic carbocycles. The Kier molecular flexibility index (Phi) is 1.53. The molecule has 0 unspecified atom stereocenters. The Morgan fingerprint density at radius 3 is 2.89 bits per heavy atom. The van der Waals surface area contributed by atoms with E-state index in [1.54, 1.807) is 6.92 Å². The average Bonchev–Trinajstić information content (AvgIpc) is 2.13. The quantitative estimate of drug-likeness (QED) is 0.558. The zero-order valence-electron chi connectivity index (χ0n) is 5.11. The molecule has 1 aliphatic rings. The number of rotatable bonds is 1. The summed E-state index contributed by atoms with van der Waals surface area (Å²) >= 11 is 5.50. The maximum Gasteiger partial charge on any atom is 0.407 e. The second-order valence-electron chi connectivity index (χ2n) is 2.33. The lowest BCUT2D eigenvalue weighted by molar-refractivity contribution is 0.0894. The number of nitrogens with one attached hydrogen (secondary N) is 1. The summed E-state index contributed by atoms with van der Waals surface area (Å²) in [7, 11) is 0. The van der Waals surface area contributed by atoms with Crippen LogP contribution in [0.4, 0.5) is 4.79 Å². The predicted octanol–water partition coefficient (Wildman–Crippen LogP) is 0.724. The summed E-state index contributed by atoms with van der Waals surface area (Å²) in [5, 5.41) is 2.52. The number of amides is 1. The molecule has 0 bridgehead atoms. The zero-order chi connectivity index (χ0) is 6.91. The van der Waals surface area contributed by atoms with Gasteiger partial charge in [0, 0.05) is 0 Å². The van der Waals surface area contributed by atoms with Crippen LogP contribution in [0.25, 0.3) is 0 Å². The molecule has 0 radical (unpaired) electrons. The van der Waals surface area contributed by atoms with Crippen LogP contribution in [0.1, 0.15) is 6.92 Å². The van der Waals surface area contributed by atoms with Gasteiger partial charge < -0.3 is 10.1 Å². The van der Waals surface area contributed by atoms with Crippen LogP contribution in [-0.2, 0) is 4.74 Å². The molecule has 1 heterocycles. The van der Waals surface area contributed by atoms with E-state index in [0.717, 1.165) is 0 Å². The van der Waals surface area contributed by atoms with Gasteiger partial charge in [-0.25, -0.2) is 4.79 Å². The molecule has 0 aromatic heterocycles. The number of alkyl halides is 1. The van der Waals surface area contributed by atoms with Gasteiger partial charge in [-0.15, -0.1) is 11.6 Å². The number of cyclic esters (lactones) is 1. The van der Waals surface area contributed by atoms with E-state index in [2.05, 4.69) is 5.32 Å². The molecule has 9 heavy (non-hydrogen) atoms. The largest absolute Gasteiger partial charge is 0.440 e. The Hall–Kier alpha value is -0.440. The lowest BCUT2D eigenvalue weighted by atomic mass is 10.1. The standard InChI is InChI=1S/C5H8ClNO2/c1-5(2-6)3-7-4(8)9-5/h2-3H2,1H3,(H,7,8)/t5-/m1/s1. The van der Waals surface area contributed by atoms with Gasteiger partial charge in [0.05, 0.1) is 12.4 Å². The number of ether oxygens (including phenoxy) is 1. The van der Waals surface area contributed by atoms with Crippen molar-refractivity contribution in [2.24, 2.45) is 0 Å². The zero-order valence-corrected chi connectivity index (χ0v) is 5.86. The number of hydrogen-bond donors (Lipinski definition) is 1. The van der Waals surface area contributed by atoms with E-state index in [9.17, 15) is 4.79 Å². The molecule has 4 heteroatoms. The maximum absolute atomic E-state index is 10.4. The van der Waals surface area contributed by atoms with Gasteiger partial charge in [0.1, 0.15) is 5.60 Å². The van der Waals surface area contributed by atoms with E-state index < -0.39 is 5.60 Å². The molecule has 0 spiro atoms. The second kappa shape index (κ2) is 2.06. The first-order valence-corrected chi connectivity index (χ1v) is 3.22. The van der Waals surface area contributed by atoms with Crippen LogP contribution < -0.4 is 5.32 Å². The average molecular weight is 150 g/mol. The third-order valence-electron chi connectivity index (χ3n) is 1.23. The van der Waals surface area contributed by atoms with Crippen molar-refractivity contribution >= 4 is 17.7 Å². The Morgan fingerprint density at radius 2 is 2.67 bits per heavy atom. The highest BCUT2D eigenvalue weighted by Gasteiger charge is 2.34. The van der Waals surface area contributed by atoms with Crippen molar-refractivity contribution in [1.29, 1.82) is 0 Å². The van der Waals surface area contributed by atoms with Crippen molar-refractivity contribution in [2.75, 3.05) is 12.4 Å². The minimum atomic E-state index is -0.487. The first-order valence-electron chi connectivity index (χ1n) is 2.69. The van der Waals surface area contributed by atoms with Gasteiger partial charge in [-0.3, -0.25) is 0 Å². The molecule has 1 N–H and O–H groups in total. The number of halogens is 1. The molecule has 0 saturated carbocycles. The summed E-state index contributed by atoms with van der Waals surface area (Å²) in [6, 6.07) is 0. The van der Waals surface area contributed by atoms with E-state index in [-0.39, 0.29) is 6.09 Å². The summed E-state index contributed by atoms with van der Waals surface area (Å²) in [5.41, 5.74) is -0.487. The third kappa shape index (κ3) is 1.27. The summed E-state index contributed by atoms with van der Waals surface area (Å²) in [6.45, 7) is 2.30. The normalized spacial score (nSPS) is 33.8. The summed E-state index contributed by atoms with van der Waals surface area (Å²) < 4.78 is 4.82. The number of alkyl carbamates (subject to hydrolysis) is 1. The van der Waals surface area contributed by atoms with Crippen LogP contribution in [0.5, 0.6) is 0 Å². The fraction of sp³-hybridized carbons (Fsp3) is 0.800. The van der Waals surface area contributed by atoms with Crippen molar-refractivity contribution in [1.82, 2.24) is 5.32 Å². The van der Waals surface area contributed by atoms with Crippen molar-refractivity contribution in [3.05, 3.63) is 0 Å². The van der Waals surface area contributed by atoms with Gasteiger partial charge >= 0.3 is 6.09 Å². The van der Waals surface area contributed by atoms with Gasteiger partial charge in [0.25, 0.3) is 0 Å². The van der Waals surface area contributed by atoms with Crippen molar-refractivity contribution in [3.8, 4) is 0 Å². The maximum atomic E-state index is 10.4.